The van der Waals surface area contributed by atoms with Crippen LogP contribution in [0.15, 0.2) is 18.2 Å². The number of likely N-dealkylation sites (tertiary alicyclic amines) is 1. The minimum absolute atomic E-state index is 0.0208. The molecule has 1 aliphatic rings. The van der Waals surface area contributed by atoms with Gasteiger partial charge in [-0.25, -0.2) is 0 Å². The predicted molar refractivity (Wildman–Crippen MR) is 76.9 cm³/mol. The number of methoxy groups -OCH3 is 1. The Kier molecular flexibility index (Phi) is 4.49. The summed E-state index contributed by atoms with van der Waals surface area (Å²) >= 11 is 0. The van der Waals surface area contributed by atoms with E-state index in [1.807, 2.05) is 26.1 Å². The molecule has 1 amide bonds. The first-order chi connectivity index (χ1) is 9.51. The normalized spacial score (nSPS) is 20.9. The monoisotopic (exact) mass is 278 g/mol. The Morgan fingerprint density at radius 3 is 2.85 bits per heavy atom. The van der Waals surface area contributed by atoms with Gasteiger partial charge in [-0.2, -0.15) is 0 Å². The number of phenols is 1. The fourth-order valence-corrected chi connectivity index (χ4v) is 2.61. The summed E-state index contributed by atoms with van der Waals surface area (Å²) in [6, 6.07) is 5.60. The second kappa shape index (κ2) is 6.13. The number of carbonyl (C=O) groups excluding carboxylic acids is 1. The maximum absolute atomic E-state index is 11.5. The number of aromatic hydroxyl groups is 1. The van der Waals surface area contributed by atoms with E-state index in [-0.39, 0.29) is 23.7 Å². The van der Waals surface area contributed by atoms with E-state index in [1.165, 1.54) is 0 Å². The Hall–Kier alpha value is -1.75. The highest BCUT2D eigenvalue weighted by Crippen LogP contribution is 2.29. The molecular weight excluding hydrogens is 256 g/mol. The van der Waals surface area contributed by atoms with Crippen molar-refractivity contribution in [3.05, 3.63) is 23.8 Å². The van der Waals surface area contributed by atoms with Crippen molar-refractivity contribution in [3.8, 4) is 11.5 Å². The molecule has 1 aliphatic heterocycles. The van der Waals surface area contributed by atoms with Crippen LogP contribution in [-0.2, 0) is 4.79 Å². The zero-order chi connectivity index (χ0) is 14.7. The molecule has 0 spiro atoms. The average molecular weight is 278 g/mol. The van der Waals surface area contributed by atoms with E-state index in [4.69, 9.17) is 4.74 Å². The fraction of sp³-hybridized carbons (Fsp3) is 0.533. The van der Waals surface area contributed by atoms with Gasteiger partial charge in [-0.3, -0.25) is 4.79 Å². The topological polar surface area (TPSA) is 61.8 Å². The van der Waals surface area contributed by atoms with Gasteiger partial charge in [0, 0.05) is 43.7 Å². The number of hydrogen-bond donors (Lipinski definition) is 2. The average Bonchev–Trinajstić information content (AvgIpc) is 2.42. The summed E-state index contributed by atoms with van der Waals surface area (Å²) in [5.41, 5.74) is 0.838. The highest BCUT2D eigenvalue weighted by molar-refractivity contribution is 5.76. The van der Waals surface area contributed by atoms with Gasteiger partial charge < -0.3 is 20.1 Å². The number of ether oxygens (including phenoxy) is 1. The molecule has 1 heterocycles. The number of nitrogens with one attached hydrogen (secondary N) is 1. The number of rotatable bonds is 4. The van der Waals surface area contributed by atoms with Gasteiger partial charge in [-0.1, -0.05) is 6.07 Å². The van der Waals surface area contributed by atoms with Crippen LogP contribution in [0.1, 0.15) is 31.4 Å². The van der Waals surface area contributed by atoms with Crippen LogP contribution >= 0.6 is 0 Å². The number of piperidine rings is 1. The molecule has 20 heavy (non-hydrogen) atoms. The summed E-state index contributed by atoms with van der Waals surface area (Å²) in [4.78, 5) is 13.2. The van der Waals surface area contributed by atoms with Gasteiger partial charge in [-0.05, 0) is 19.4 Å². The molecule has 0 aliphatic carbocycles. The van der Waals surface area contributed by atoms with Crippen molar-refractivity contribution in [2.75, 3.05) is 20.7 Å². The third kappa shape index (κ3) is 3.22. The summed E-state index contributed by atoms with van der Waals surface area (Å²) in [5.74, 6) is 1.06. The molecule has 1 aromatic carbocycles. The highest BCUT2D eigenvalue weighted by Gasteiger charge is 2.24. The number of likely N-dealkylation sites (N-methyl/N-ethyl adjacent to an activating group) is 1. The SMILES string of the molecule is COc1ccc(C(C)NC2CCC(=O)N(C)C2)c(O)c1. The van der Waals surface area contributed by atoms with E-state index in [9.17, 15) is 9.90 Å². The zero-order valence-electron chi connectivity index (χ0n) is 12.2. The smallest absolute Gasteiger partial charge is 0.222 e. The van der Waals surface area contributed by atoms with Crippen LogP contribution < -0.4 is 10.1 Å². The molecule has 2 unspecified atom stereocenters. The predicted octanol–water partition coefficient (Wildman–Crippen LogP) is 1.67. The number of benzene rings is 1. The van der Waals surface area contributed by atoms with Gasteiger partial charge in [0.25, 0.3) is 0 Å². The van der Waals surface area contributed by atoms with E-state index in [1.54, 1.807) is 18.1 Å². The Morgan fingerprint density at radius 2 is 2.25 bits per heavy atom. The molecule has 2 atom stereocenters. The molecule has 0 radical (unpaired) electrons. The maximum atomic E-state index is 11.5. The Labute approximate surface area is 119 Å². The first-order valence-electron chi connectivity index (χ1n) is 6.88. The highest BCUT2D eigenvalue weighted by atomic mass is 16.5. The standard InChI is InChI=1S/C15H22N2O3/c1-10(13-6-5-12(20-3)8-14(13)18)16-11-4-7-15(19)17(2)9-11/h5-6,8,10-11,16,18H,4,7,9H2,1-3H3. The minimum Gasteiger partial charge on any atom is -0.507 e. The van der Waals surface area contributed by atoms with Crippen molar-refractivity contribution in [2.24, 2.45) is 0 Å². The number of amides is 1. The molecular formula is C15H22N2O3. The van der Waals surface area contributed by atoms with Gasteiger partial charge >= 0.3 is 0 Å². The van der Waals surface area contributed by atoms with Gasteiger partial charge in [-0.15, -0.1) is 0 Å². The summed E-state index contributed by atoms with van der Waals surface area (Å²) in [6.07, 6.45) is 1.42. The van der Waals surface area contributed by atoms with E-state index in [2.05, 4.69) is 5.32 Å². The van der Waals surface area contributed by atoms with Crippen LogP contribution in [0.4, 0.5) is 0 Å². The Bertz CT molecular complexity index is 490. The lowest BCUT2D eigenvalue weighted by molar-refractivity contribution is -0.132. The van der Waals surface area contributed by atoms with Crippen LogP contribution in [0.5, 0.6) is 11.5 Å². The van der Waals surface area contributed by atoms with E-state index in [0.29, 0.717) is 18.7 Å². The van der Waals surface area contributed by atoms with Crippen LogP contribution in [0, 0.1) is 0 Å². The quantitative estimate of drug-likeness (QED) is 0.879. The van der Waals surface area contributed by atoms with E-state index >= 15 is 0 Å². The van der Waals surface area contributed by atoms with Gasteiger partial charge in [0.1, 0.15) is 11.5 Å². The fourth-order valence-electron chi connectivity index (χ4n) is 2.61. The van der Waals surface area contributed by atoms with E-state index in [0.717, 1.165) is 12.0 Å². The van der Waals surface area contributed by atoms with Crippen molar-refractivity contribution in [3.63, 3.8) is 0 Å². The lowest BCUT2D eigenvalue weighted by Gasteiger charge is -2.32. The lowest BCUT2D eigenvalue weighted by atomic mass is 10.0. The van der Waals surface area contributed by atoms with Gasteiger partial charge in [0.15, 0.2) is 0 Å². The molecule has 0 aromatic heterocycles. The third-order valence-electron chi connectivity index (χ3n) is 3.82. The van der Waals surface area contributed by atoms with Gasteiger partial charge in [0.2, 0.25) is 5.91 Å². The lowest BCUT2D eigenvalue weighted by Crippen LogP contribution is -2.47. The first-order valence-corrected chi connectivity index (χ1v) is 6.88. The second-order valence-electron chi connectivity index (χ2n) is 5.32. The van der Waals surface area contributed by atoms with Crippen LogP contribution in [0.2, 0.25) is 0 Å². The number of phenolic OH excluding ortho intramolecular Hbond substituents is 1. The van der Waals surface area contributed by atoms with Crippen LogP contribution in [0.3, 0.4) is 0 Å². The van der Waals surface area contributed by atoms with Crippen molar-refractivity contribution in [2.45, 2.75) is 31.8 Å². The van der Waals surface area contributed by atoms with Gasteiger partial charge in [0.05, 0.1) is 7.11 Å². The Morgan fingerprint density at radius 1 is 1.50 bits per heavy atom. The molecule has 0 bridgehead atoms. The second-order valence-corrected chi connectivity index (χ2v) is 5.32. The molecule has 1 saturated heterocycles. The molecule has 2 N–H and O–H groups in total. The summed E-state index contributed by atoms with van der Waals surface area (Å²) < 4.78 is 5.08. The Balaban J connectivity index is 2.01. The molecule has 5 heteroatoms. The van der Waals surface area contributed by atoms with Crippen LogP contribution in [-0.4, -0.2) is 42.7 Å². The molecule has 2 rings (SSSR count). The maximum Gasteiger partial charge on any atom is 0.222 e. The zero-order valence-corrected chi connectivity index (χ0v) is 12.2. The number of nitrogens with zero attached hydrogens (tertiary/aromatic N) is 1. The number of carbonyl (C=O) groups is 1. The van der Waals surface area contributed by atoms with Crippen molar-refractivity contribution >= 4 is 5.91 Å². The molecule has 1 fully saturated rings. The van der Waals surface area contributed by atoms with Crippen molar-refractivity contribution < 1.29 is 14.6 Å². The molecule has 0 saturated carbocycles. The first kappa shape index (κ1) is 14.7. The largest absolute Gasteiger partial charge is 0.507 e. The van der Waals surface area contributed by atoms with Crippen molar-refractivity contribution in [1.29, 1.82) is 0 Å². The summed E-state index contributed by atoms with van der Waals surface area (Å²) in [5, 5.41) is 13.5. The van der Waals surface area contributed by atoms with E-state index < -0.39 is 0 Å². The summed E-state index contributed by atoms with van der Waals surface area (Å²) in [7, 11) is 3.40. The van der Waals surface area contributed by atoms with Crippen LogP contribution in [0.25, 0.3) is 0 Å². The minimum atomic E-state index is 0.0208. The summed E-state index contributed by atoms with van der Waals surface area (Å²) in [6.45, 7) is 2.72. The third-order valence-corrected chi connectivity index (χ3v) is 3.82. The molecule has 5 nitrogen and oxygen atoms in total. The molecule has 110 valence electrons. The number of hydrogen-bond acceptors (Lipinski definition) is 4. The molecule has 1 aromatic rings. The van der Waals surface area contributed by atoms with Crippen molar-refractivity contribution in [1.82, 2.24) is 10.2 Å².